The quantitative estimate of drug-likeness (QED) is 0.189. The van der Waals surface area contributed by atoms with Crippen molar-refractivity contribution in [2.75, 3.05) is 13.2 Å². The monoisotopic (exact) mass is 579 g/mol. The highest BCUT2D eigenvalue weighted by Crippen LogP contribution is 2.50. The van der Waals surface area contributed by atoms with Crippen LogP contribution in [-0.2, 0) is 29.1 Å². The average molecular weight is 579 g/mol. The average Bonchev–Trinajstić information content (AvgIpc) is 2.71. The van der Waals surface area contributed by atoms with E-state index in [1.165, 1.54) is 0 Å². The van der Waals surface area contributed by atoms with Crippen molar-refractivity contribution in [2.24, 2.45) is 0 Å². The van der Waals surface area contributed by atoms with Gasteiger partial charge in [0.25, 0.3) is 0 Å². The van der Waals surface area contributed by atoms with E-state index in [-0.39, 0.29) is 14.9 Å². The van der Waals surface area contributed by atoms with Gasteiger partial charge in [-0.25, -0.2) is 32.8 Å². The van der Waals surface area contributed by atoms with E-state index >= 15 is 0 Å². The molecule has 0 fully saturated rings. The molecule has 1 heterocycles. The molecule has 0 bridgehead atoms. The molecule has 0 atom stereocenters. The van der Waals surface area contributed by atoms with Crippen molar-refractivity contribution in [1.82, 2.24) is 13.7 Å². The van der Waals surface area contributed by atoms with Crippen molar-refractivity contribution in [3.63, 3.8) is 0 Å². The fourth-order valence-electron chi connectivity index (χ4n) is 2.44. The first-order chi connectivity index (χ1) is 16.2. The second kappa shape index (κ2) is 12.8. The maximum Gasteiger partial charge on any atom is 0.430 e. The van der Waals surface area contributed by atoms with Crippen LogP contribution in [0.1, 0.15) is 21.8 Å². The van der Waals surface area contributed by atoms with Crippen molar-refractivity contribution in [1.29, 1.82) is 0 Å². The van der Waals surface area contributed by atoms with E-state index in [1.54, 1.807) is 0 Å². The van der Waals surface area contributed by atoms with Crippen molar-refractivity contribution >= 4 is 0 Å². The van der Waals surface area contributed by atoms with Gasteiger partial charge in [0.2, 0.25) is 0 Å². The standard InChI is InChI=1S/C18H19F10N3O5.2CH4/c1-4-6-29-11(32)30(7-5-2)13(34)31(12(29)33)8-9-35-10-15(21,22)17(25,26)36-18(27,28)16(23,24)14(3,19)20;;/h4-5H,1-2,6-10H2,3H3;2*1H4. The molecular formula is C20H27F10N3O5. The van der Waals surface area contributed by atoms with E-state index in [2.05, 4.69) is 22.6 Å². The number of allylic oxidation sites excluding steroid dienone is 2. The molecule has 8 nitrogen and oxygen atoms in total. The summed E-state index contributed by atoms with van der Waals surface area (Å²) in [6.07, 6.45) is -11.0. The molecule has 0 amide bonds. The molecule has 0 N–H and O–H groups in total. The Morgan fingerprint density at radius 2 is 1.13 bits per heavy atom. The first kappa shape index (κ1) is 37.3. The van der Waals surface area contributed by atoms with Gasteiger partial charge in [0.05, 0.1) is 26.2 Å². The van der Waals surface area contributed by atoms with Gasteiger partial charge in [-0.1, -0.05) is 27.0 Å². The molecule has 1 aromatic rings. The fourth-order valence-corrected chi connectivity index (χ4v) is 2.44. The number of ether oxygens (including phenoxy) is 2. The maximum atomic E-state index is 13.7. The molecule has 0 radical (unpaired) electrons. The molecule has 0 saturated heterocycles. The molecule has 0 unspecified atom stereocenters. The summed E-state index contributed by atoms with van der Waals surface area (Å²) in [4.78, 5) is 36.8. The lowest BCUT2D eigenvalue weighted by Gasteiger charge is -2.34. The molecule has 0 spiro atoms. The van der Waals surface area contributed by atoms with E-state index in [0.29, 0.717) is 13.7 Å². The Bertz CT molecular complexity index is 1090. The minimum absolute atomic E-state index is 0. The van der Waals surface area contributed by atoms with E-state index < -0.39 is 86.8 Å². The Hall–Kier alpha value is -2.89. The molecule has 1 aromatic heterocycles. The number of hydrogen-bond donors (Lipinski definition) is 0. The molecule has 38 heavy (non-hydrogen) atoms. The Labute approximate surface area is 209 Å². The number of nitrogens with zero attached hydrogens (tertiary/aromatic N) is 3. The highest BCUT2D eigenvalue weighted by Gasteiger charge is 2.75. The zero-order valence-electron chi connectivity index (χ0n) is 18.3. The smallest absolute Gasteiger partial charge is 0.373 e. The van der Waals surface area contributed by atoms with Gasteiger partial charge < -0.3 is 4.74 Å². The zero-order chi connectivity index (χ0) is 28.3. The zero-order valence-corrected chi connectivity index (χ0v) is 18.3. The highest BCUT2D eigenvalue weighted by atomic mass is 19.4. The largest absolute Gasteiger partial charge is 0.430 e. The van der Waals surface area contributed by atoms with Crippen LogP contribution >= 0.6 is 0 Å². The van der Waals surface area contributed by atoms with Crippen LogP contribution in [0.5, 0.6) is 0 Å². The Kier molecular flexibility index (Phi) is 12.5. The predicted octanol–water partition coefficient (Wildman–Crippen LogP) is 3.96. The Morgan fingerprint density at radius 3 is 1.50 bits per heavy atom. The van der Waals surface area contributed by atoms with Gasteiger partial charge in [-0.3, -0.25) is 0 Å². The van der Waals surface area contributed by atoms with Crippen molar-refractivity contribution in [3.05, 3.63) is 56.8 Å². The lowest BCUT2D eigenvalue weighted by atomic mass is 10.2. The summed E-state index contributed by atoms with van der Waals surface area (Å²) in [5, 5.41) is 0. The summed E-state index contributed by atoms with van der Waals surface area (Å²) in [5.74, 6) is -18.0. The van der Waals surface area contributed by atoms with Gasteiger partial charge in [-0.15, -0.1) is 13.2 Å². The SMILES string of the molecule is C.C.C=CCn1c(=O)n(CC=C)c(=O)n(CCOCC(F)(F)C(F)(F)OC(F)(F)C(F)(F)C(C)(F)F)c1=O. The highest BCUT2D eigenvalue weighted by molar-refractivity contribution is 4.91. The number of alkyl halides is 10. The molecular weight excluding hydrogens is 552 g/mol. The van der Waals surface area contributed by atoms with Gasteiger partial charge in [-0.2, -0.15) is 43.9 Å². The maximum absolute atomic E-state index is 13.7. The third kappa shape index (κ3) is 7.36. The number of rotatable bonds is 14. The normalized spacial score (nSPS) is 12.9. The fraction of sp³-hybridized carbons (Fsp3) is 0.650. The van der Waals surface area contributed by atoms with Gasteiger partial charge in [-0.05, 0) is 0 Å². The summed E-state index contributed by atoms with van der Waals surface area (Å²) in [5.41, 5.74) is -3.62. The number of hydrogen-bond acceptors (Lipinski definition) is 5. The van der Waals surface area contributed by atoms with Crippen molar-refractivity contribution < 1.29 is 53.4 Å². The van der Waals surface area contributed by atoms with Crippen molar-refractivity contribution in [2.45, 2.75) is 71.4 Å². The predicted molar refractivity (Wildman–Crippen MR) is 115 cm³/mol. The second-order valence-corrected chi connectivity index (χ2v) is 7.15. The van der Waals surface area contributed by atoms with Gasteiger partial charge in [0, 0.05) is 6.92 Å². The summed E-state index contributed by atoms with van der Waals surface area (Å²) in [6.45, 7) is 0.474. The van der Waals surface area contributed by atoms with Crippen LogP contribution in [0.4, 0.5) is 43.9 Å². The third-order valence-electron chi connectivity index (χ3n) is 4.35. The van der Waals surface area contributed by atoms with E-state index in [4.69, 9.17) is 0 Å². The van der Waals surface area contributed by atoms with Gasteiger partial charge in [0.1, 0.15) is 6.61 Å². The first-order valence-corrected chi connectivity index (χ1v) is 9.51. The molecule has 18 heteroatoms. The molecule has 1 rings (SSSR count). The van der Waals surface area contributed by atoms with Crippen LogP contribution in [0.25, 0.3) is 0 Å². The summed E-state index contributed by atoms with van der Waals surface area (Å²) in [7, 11) is 0. The van der Waals surface area contributed by atoms with E-state index in [1.807, 2.05) is 0 Å². The van der Waals surface area contributed by atoms with Crippen LogP contribution in [-0.4, -0.2) is 56.9 Å². The second-order valence-electron chi connectivity index (χ2n) is 7.15. The van der Waals surface area contributed by atoms with Crippen LogP contribution in [0.3, 0.4) is 0 Å². The van der Waals surface area contributed by atoms with E-state index in [9.17, 15) is 58.3 Å². The van der Waals surface area contributed by atoms with Gasteiger partial charge >= 0.3 is 47.1 Å². The third-order valence-corrected chi connectivity index (χ3v) is 4.35. The molecule has 222 valence electrons. The van der Waals surface area contributed by atoms with Crippen LogP contribution < -0.4 is 17.1 Å². The molecule has 0 aliphatic carbocycles. The molecule has 0 aliphatic heterocycles. The van der Waals surface area contributed by atoms with Gasteiger partial charge in [0.15, 0.2) is 0 Å². The van der Waals surface area contributed by atoms with Crippen LogP contribution in [0.15, 0.2) is 39.7 Å². The van der Waals surface area contributed by atoms with E-state index in [0.717, 1.165) is 12.2 Å². The molecule has 0 aliphatic rings. The number of halogens is 10. The van der Waals surface area contributed by atoms with Crippen molar-refractivity contribution in [3.8, 4) is 0 Å². The summed E-state index contributed by atoms with van der Waals surface area (Å²) < 4.78 is 140. The minimum Gasteiger partial charge on any atom is -0.373 e. The first-order valence-electron chi connectivity index (χ1n) is 9.51. The summed E-state index contributed by atoms with van der Waals surface area (Å²) in [6, 6.07) is 0. The summed E-state index contributed by atoms with van der Waals surface area (Å²) >= 11 is 0. The Morgan fingerprint density at radius 1 is 0.737 bits per heavy atom. The topological polar surface area (TPSA) is 84.5 Å². The molecule has 0 aromatic carbocycles. The van der Waals surface area contributed by atoms with Crippen LogP contribution in [0, 0.1) is 0 Å². The Balaban J connectivity index is 0. The lowest BCUT2D eigenvalue weighted by Crippen LogP contribution is -2.59. The minimum atomic E-state index is -6.74. The van der Waals surface area contributed by atoms with Crippen LogP contribution in [0.2, 0.25) is 0 Å². The number of aromatic nitrogens is 3. The molecule has 0 saturated carbocycles. The lowest BCUT2D eigenvalue weighted by molar-refractivity contribution is -0.486.